The lowest BCUT2D eigenvalue weighted by Gasteiger charge is -2.18. The minimum Gasteiger partial charge on any atom is -0.338 e. The molecule has 0 spiro atoms. The van der Waals surface area contributed by atoms with Crippen molar-refractivity contribution < 1.29 is 9.45 Å². The van der Waals surface area contributed by atoms with E-state index in [1.54, 1.807) is 12.1 Å². The van der Waals surface area contributed by atoms with Crippen LogP contribution in [0.2, 0.25) is 0 Å². The normalized spacial score (nSPS) is 11.0. The van der Waals surface area contributed by atoms with Gasteiger partial charge in [0.1, 0.15) is 0 Å². The average molecular weight is 304 g/mol. The van der Waals surface area contributed by atoms with Gasteiger partial charge in [-0.25, -0.2) is 0 Å². The number of hydrogen-bond acceptors (Lipinski definition) is 6. The highest BCUT2D eigenvalue weighted by molar-refractivity contribution is 5.58. The van der Waals surface area contributed by atoms with E-state index in [4.69, 9.17) is 4.52 Å². The molecular weight excluding hydrogens is 284 g/mol. The van der Waals surface area contributed by atoms with Gasteiger partial charge in [0.2, 0.25) is 11.7 Å². The molecule has 0 aliphatic carbocycles. The SMILES string of the molecule is CCCN(CCC)Cc1nc(-c2cccc([N+](=O)[O-])c2)no1. The highest BCUT2D eigenvalue weighted by Gasteiger charge is 2.14. The van der Waals surface area contributed by atoms with Crippen LogP contribution in [0.15, 0.2) is 28.8 Å². The molecule has 1 heterocycles. The Morgan fingerprint density at radius 1 is 1.27 bits per heavy atom. The molecule has 22 heavy (non-hydrogen) atoms. The first kappa shape index (κ1) is 16.1. The molecule has 2 rings (SSSR count). The number of non-ortho nitro benzene ring substituents is 1. The molecule has 0 fully saturated rings. The number of nitro benzene ring substituents is 1. The predicted molar refractivity (Wildman–Crippen MR) is 82.2 cm³/mol. The van der Waals surface area contributed by atoms with Crippen molar-refractivity contribution in [2.24, 2.45) is 0 Å². The first-order valence-electron chi connectivity index (χ1n) is 7.43. The summed E-state index contributed by atoms with van der Waals surface area (Å²) in [5.74, 6) is 0.912. The van der Waals surface area contributed by atoms with Gasteiger partial charge in [-0.1, -0.05) is 31.1 Å². The number of rotatable bonds is 8. The highest BCUT2D eigenvalue weighted by atomic mass is 16.6. The number of nitrogens with zero attached hydrogens (tertiary/aromatic N) is 4. The Hall–Kier alpha value is -2.28. The van der Waals surface area contributed by atoms with Gasteiger partial charge >= 0.3 is 0 Å². The molecule has 0 atom stereocenters. The van der Waals surface area contributed by atoms with Crippen molar-refractivity contribution in [1.82, 2.24) is 15.0 Å². The maximum Gasteiger partial charge on any atom is 0.270 e. The molecule has 0 saturated carbocycles. The molecule has 0 saturated heterocycles. The van der Waals surface area contributed by atoms with E-state index in [2.05, 4.69) is 28.9 Å². The lowest BCUT2D eigenvalue weighted by atomic mass is 10.2. The van der Waals surface area contributed by atoms with Crippen molar-refractivity contribution >= 4 is 5.69 Å². The van der Waals surface area contributed by atoms with E-state index in [0.717, 1.165) is 25.9 Å². The second kappa shape index (κ2) is 7.65. The fourth-order valence-electron chi connectivity index (χ4n) is 2.29. The molecule has 7 heteroatoms. The maximum absolute atomic E-state index is 10.8. The quantitative estimate of drug-likeness (QED) is 0.549. The van der Waals surface area contributed by atoms with Crippen LogP contribution in [-0.2, 0) is 6.54 Å². The van der Waals surface area contributed by atoms with Crippen LogP contribution in [-0.4, -0.2) is 33.1 Å². The molecule has 0 bridgehead atoms. The first-order valence-corrected chi connectivity index (χ1v) is 7.43. The summed E-state index contributed by atoms with van der Waals surface area (Å²) in [7, 11) is 0. The molecule has 118 valence electrons. The lowest BCUT2D eigenvalue weighted by Crippen LogP contribution is -2.25. The van der Waals surface area contributed by atoms with E-state index in [0.29, 0.717) is 23.8 Å². The van der Waals surface area contributed by atoms with E-state index in [1.165, 1.54) is 12.1 Å². The maximum atomic E-state index is 10.8. The van der Waals surface area contributed by atoms with Gasteiger partial charge in [-0.3, -0.25) is 15.0 Å². The van der Waals surface area contributed by atoms with Crippen molar-refractivity contribution in [3.8, 4) is 11.4 Å². The van der Waals surface area contributed by atoms with Gasteiger partial charge in [-0.05, 0) is 25.9 Å². The van der Waals surface area contributed by atoms with Gasteiger partial charge in [0.15, 0.2) is 0 Å². The molecule has 0 amide bonds. The van der Waals surface area contributed by atoms with Gasteiger partial charge in [0.05, 0.1) is 11.5 Å². The number of benzene rings is 1. The molecule has 0 aliphatic heterocycles. The second-order valence-electron chi connectivity index (χ2n) is 5.10. The monoisotopic (exact) mass is 304 g/mol. The van der Waals surface area contributed by atoms with Crippen LogP contribution < -0.4 is 0 Å². The van der Waals surface area contributed by atoms with Crippen LogP contribution in [0.4, 0.5) is 5.69 Å². The van der Waals surface area contributed by atoms with Gasteiger partial charge in [-0.15, -0.1) is 0 Å². The fraction of sp³-hybridized carbons (Fsp3) is 0.467. The predicted octanol–water partition coefficient (Wildman–Crippen LogP) is 3.27. The van der Waals surface area contributed by atoms with Crippen molar-refractivity contribution in [1.29, 1.82) is 0 Å². The molecule has 2 aromatic rings. The molecule has 0 aliphatic rings. The van der Waals surface area contributed by atoms with Crippen LogP contribution >= 0.6 is 0 Å². The third-order valence-electron chi connectivity index (χ3n) is 3.22. The van der Waals surface area contributed by atoms with E-state index in [9.17, 15) is 10.1 Å². The summed E-state index contributed by atoms with van der Waals surface area (Å²) < 4.78 is 5.27. The Kier molecular flexibility index (Phi) is 5.60. The molecule has 7 nitrogen and oxygen atoms in total. The van der Waals surface area contributed by atoms with E-state index in [1.807, 2.05) is 0 Å². The lowest BCUT2D eigenvalue weighted by molar-refractivity contribution is -0.384. The van der Waals surface area contributed by atoms with Crippen molar-refractivity contribution in [2.75, 3.05) is 13.1 Å². The highest BCUT2D eigenvalue weighted by Crippen LogP contribution is 2.21. The minimum absolute atomic E-state index is 0.0162. The summed E-state index contributed by atoms with van der Waals surface area (Å²) in [6, 6.07) is 6.24. The molecule has 0 N–H and O–H groups in total. The van der Waals surface area contributed by atoms with Gasteiger partial charge in [0, 0.05) is 17.7 Å². The van der Waals surface area contributed by atoms with Crippen LogP contribution in [0, 0.1) is 10.1 Å². The van der Waals surface area contributed by atoms with Gasteiger partial charge < -0.3 is 4.52 Å². The zero-order valence-electron chi connectivity index (χ0n) is 12.9. The summed E-state index contributed by atoms with van der Waals surface area (Å²) in [4.78, 5) is 17.0. The Morgan fingerprint density at radius 3 is 2.64 bits per heavy atom. The third-order valence-corrected chi connectivity index (χ3v) is 3.22. The molecule has 1 aromatic carbocycles. The molecular formula is C15H20N4O3. The van der Waals surface area contributed by atoms with Crippen LogP contribution in [0.3, 0.4) is 0 Å². The van der Waals surface area contributed by atoms with Crippen LogP contribution in [0.5, 0.6) is 0 Å². The Morgan fingerprint density at radius 2 is 2.00 bits per heavy atom. The average Bonchev–Trinajstić information content (AvgIpc) is 2.96. The first-order chi connectivity index (χ1) is 10.6. The smallest absolute Gasteiger partial charge is 0.270 e. The Balaban J connectivity index is 2.13. The summed E-state index contributed by atoms with van der Waals surface area (Å²) in [5.41, 5.74) is 0.601. The molecule has 0 unspecified atom stereocenters. The van der Waals surface area contributed by atoms with Gasteiger partial charge in [-0.2, -0.15) is 4.98 Å². The van der Waals surface area contributed by atoms with Crippen molar-refractivity contribution in [2.45, 2.75) is 33.2 Å². The molecule has 0 radical (unpaired) electrons. The summed E-state index contributed by atoms with van der Waals surface area (Å²) >= 11 is 0. The van der Waals surface area contributed by atoms with Crippen molar-refractivity contribution in [3.63, 3.8) is 0 Å². The second-order valence-corrected chi connectivity index (χ2v) is 5.10. The fourth-order valence-corrected chi connectivity index (χ4v) is 2.29. The Bertz CT molecular complexity index is 621. The standard InChI is InChI=1S/C15H20N4O3/c1-3-8-18(9-4-2)11-14-16-15(17-22-14)12-6-5-7-13(10-12)19(20)21/h5-7,10H,3-4,8-9,11H2,1-2H3. The topological polar surface area (TPSA) is 85.3 Å². The third kappa shape index (κ3) is 4.11. The van der Waals surface area contributed by atoms with E-state index < -0.39 is 4.92 Å². The number of hydrogen-bond donors (Lipinski definition) is 0. The zero-order valence-corrected chi connectivity index (χ0v) is 12.9. The van der Waals surface area contributed by atoms with Crippen LogP contribution in [0.25, 0.3) is 11.4 Å². The Labute approximate surface area is 129 Å². The molecule has 1 aromatic heterocycles. The largest absolute Gasteiger partial charge is 0.338 e. The summed E-state index contributed by atoms with van der Waals surface area (Å²) in [6.07, 6.45) is 2.12. The number of aromatic nitrogens is 2. The summed E-state index contributed by atoms with van der Waals surface area (Å²) in [6.45, 7) is 6.81. The van der Waals surface area contributed by atoms with E-state index in [-0.39, 0.29) is 5.69 Å². The van der Waals surface area contributed by atoms with E-state index >= 15 is 0 Å². The minimum atomic E-state index is -0.436. The zero-order chi connectivity index (χ0) is 15.9. The van der Waals surface area contributed by atoms with Gasteiger partial charge in [0.25, 0.3) is 5.69 Å². The van der Waals surface area contributed by atoms with Crippen molar-refractivity contribution in [3.05, 3.63) is 40.3 Å². The summed E-state index contributed by atoms with van der Waals surface area (Å²) in [5, 5.41) is 14.7. The number of nitro groups is 1. The van der Waals surface area contributed by atoms with Crippen LogP contribution in [0.1, 0.15) is 32.6 Å².